The molecule has 0 radical (unpaired) electrons. The molecule has 0 saturated heterocycles. The zero-order valence-electron chi connectivity index (χ0n) is 14.7. The predicted molar refractivity (Wildman–Crippen MR) is 98.3 cm³/mol. The second kappa shape index (κ2) is 8.11. The first-order chi connectivity index (χ1) is 11.4. The van der Waals surface area contributed by atoms with Gasteiger partial charge in [0, 0.05) is 6.04 Å². The summed E-state index contributed by atoms with van der Waals surface area (Å²) in [7, 11) is 0. The van der Waals surface area contributed by atoms with Crippen LogP contribution in [0.1, 0.15) is 38.3 Å². The molecular formula is C21H27NO2. The lowest BCUT2D eigenvalue weighted by Crippen LogP contribution is -2.45. The third-order valence-corrected chi connectivity index (χ3v) is 4.44. The Balaban J connectivity index is 2.00. The van der Waals surface area contributed by atoms with Crippen LogP contribution < -0.4 is 5.32 Å². The highest BCUT2D eigenvalue weighted by atomic mass is 16.4. The monoisotopic (exact) mass is 325 g/mol. The Bertz CT molecular complexity index is 637. The van der Waals surface area contributed by atoms with E-state index in [1.807, 2.05) is 48.5 Å². The number of carboxylic acid groups (broad SMARTS) is 1. The van der Waals surface area contributed by atoms with Crippen LogP contribution in [-0.4, -0.2) is 23.2 Å². The van der Waals surface area contributed by atoms with E-state index >= 15 is 0 Å². The Morgan fingerprint density at radius 2 is 1.58 bits per heavy atom. The zero-order valence-corrected chi connectivity index (χ0v) is 14.7. The van der Waals surface area contributed by atoms with Gasteiger partial charge in [0.1, 0.15) is 6.04 Å². The molecule has 0 spiro atoms. The summed E-state index contributed by atoms with van der Waals surface area (Å²) in [6.07, 6.45) is 1.36. The molecule has 0 aliphatic carbocycles. The SMILES string of the molecule is CC(CC(C)(C)c1ccccc1)N[C@@H](Cc1ccccc1)C(=O)O. The molecule has 0 bridgehead atoms. The zero-order chi connectivity index (χ0) is 17.6. The molecule has 2 aromatic rings. The van der Waals surface area contributed by atoms with Crippen LogP contribution >= 0.6 is 0 Å². The molecule has 3 nitrogen and oxygen atoms in total. The number of rotatable bonds is 8. The third kappa shape index (κ3) is 5.20. The lowest BCUT2D eigenvalue weighted by molar-refractivity contribution is -0.139. The number of hydrogen-bond donors (Lipinski definition) is 2. The van der Waals surface area contributed by atoms with Crippen LogP contribution in [0.5, 0.6) is 0 Å². The Labute approximate surface area is 144 Å². The average molecular weight is 325 g/mol. The Kier molecular flexibility index (Phi) is 6.16. The summed E-state index contributed by atoms with van der Waals surface area (Å²) >= 11 is 0. The molecule has 128 valence electrons. The van der Waals surface area contributed by atoms with Crippen molar-refractivity contribution in [1.29, 1.82) is 0 Å². The summed E-state index contributed by atoms with van der Waals surface area (Å²) in [5.41, 5.74) is 2.30. The molecule has 0 aliphatic rings. The molecule has 2 atom stereocenters. The fourth-order valence-corrected chi connectivity index (χ4v) is 3.24. The summed E-state index contributed by atoms with van der Waals surface area (Å²) < 4.78 is 0. The van der Waals surface area contributed by atoms with Crippen molar-refractivity contribution in [3.63, 3.8) is 0 Å². The van der Waals surface area contributed by atoms with Crippen molar-refractivity contribution >= 4 is 5.97 Å². The number of carboxylic acids is 1. The molecule has 0 heterocycles. The predicted octanol–water partition coefficient (Wildman–Crippen LogP) is 4.03. The maximum atomic E-state index is 11.6. The van der Waals surface area contributed by atoms with Gasteiger partial charge in [0.15, 0.2) is 0 Å². The molecule has 24 heavy (non-hydrogen) atoms. The van der Waals surface area contributed by atoms with E-state index in [1.165, 1.54) is 5.56 Å². The van der Waals surface area contributed by atoms with Gasteiger partial charge in [-0.2, -0.15) is 0 Å². The summed E-state index contributed by atoms with van der Waals surface area (Å²) in [4.78, 5) is 11.6. The van der Waals surface area contributed by atoms with Crippen molar-refractivity contribution in [2.45, 2.75) is 51.1 Å². The van der Waals surface area contributed by atoms with Crippen LogP contribution in [-0.2, 0) is 16.6 Å². The van der Waals surface area contributed by atoms with Crippen molar-refractivity contribution in [2.24, 2.45) is 0 Å². The summed E-state index contributed by atoms with van der Waals surface area (Å²) in [6, 6.07) is 19.7. The van der Waals surface area contributed by atoms with Gasteiger partial charge in [0.05, 0.1) is 0 Å². The molecule has 0 aliphatic heterocycles. The molecule has 1 unspecified atom stereocenters. The number of benzene rings is 2. The number of aliphatic carboxylic acids is 1. The number of carbonyl (C=O) groups is 1. The lowest BCUT2D eigenvalue weighted by atomic mass is 9.79. The normalized spacial score (nSPS) is 14.1. The quantitative estimate of drug-likeness (QED) is 0.770. The van der Waals surface area contributed by atoms with Crippen LogP contribution in [0.4, 0.5) is 0 Å². The Hall–Kier alpha value is -2.13. The summed E-state index contributed by atoms with van der Waals surface area (Å²) in [5.74, 6) is -0.803. The second-order valence-electron chi connectivity index (χ2n) is 7.10. The largest absolute Gasteiger partial charge is 0.480 e. The van der Waals surface area contributed by atoms with Gasteiger partial charge < -0.3 is 10.4 Å². The van der Waals surface area contributed by atoms with Crippen molar-refractivity contribution in [3.05, 3.63) is 71.8 Å². The molecule has 0 fully saturated rings. The minimum absolute atomic E-state index is 0.0104. The fourth-order valence-electron chi connectivity index (χ4n) is 3.24. The highest BCUT2D eigenvalue weighted by Gasteiger charge is 2.26. The molecule has 2 aromatic carbocycles. The van der Waals surface area contributed by atoms with Gasteiger partial charge in [-0.3, -0.25) is 4.79 Å². The molecular weight excluding hydrogens is 298 g/mol. The first kappa shape index (κ1) is 18.2. The molecule has 2 rings (SSSR count). The molecule has 3 heteroatoms. The third-order valence-electron chi connectivity index (χ3n) is 4.44. The van der Waals surface area contributed by atoms with Crippen LogP contribution in [0.3, 0.4) is 0 Å². The van der Waals surface area contributed by atoms with Crippen LogP contribution in [0.15, 0.2) is 60.7 Å². The van der Waals surface area contributed by atoms with E-state index in [0.29, 0.717) is 6.42 Å². The molecule has 0 aromatic heterocycles. The Morgan fingerprint density at radius 1 is 1.04 bits per heavy atom. The van der Waals surface area contributed by atoms with E-state index < -0.39 is 12.0 Å². The van der Waals surface area contributed by atoms with Crippen molar-refractivity contribution < 1.29 is 9.90 Å². The van der Waals surface area contributed by atoms with Gasteiger partial charge in [0.2, 0.25) is 0 Å². The van der Waals surface area contributed by atoms with E-state index in [1.54, 1.807) is 0 Å². The van der Waals surface area contributed by atoms with Gasteiger partial charge in [-0.25, -0.2) is 0 Å². The standard InChI is InChI=1S/C21H27NO2/c1-16(15-21(2,3)18-12-8-5-9-13-18)22-19(20(23)24)14-17-10-6-4-7-11-17/h4-13,16,19,22H,14-15H2,1-3H3,(H,23,24)/t16?,19-/m0/s1. The second-order valence-corrected chi connectivity index (χ2v) is 7.10. The molecule has 0 saturated carbocycles. The number of hydrogen-bond acceptors (Lipinski definition) is 2. The first-order valence-corrected chi connectivity index (χ1v) is 8.47. The molecule has 2 N–H and O–H groups in total. The van der Waals surface area contributed by atoms with E-state index in [2.05, 4.69) is 38.2 Å². The van der Waals surface area contributed by atoms with Gasteiger partial charge in [-0.05, 0) is 36.3 Å². The van der Waals surface area contributed by atoms with Crippen molar-refractivity contribution in [2.75, 3.05) is 0 Å². The van der Waals surface area contributed by atoms with Gasteiger partial charge in [-0.1, -0.05) is 74.5 Å². The maximum absolute atomic E-state index is 11.6. The highest BCUT2D eigenvalue weighted by molar-refractivity contribution is 5.74. The van der Waals surface area contributed by atoms with Gasteiger partial charge >= 0.3 is 5.97 Å². The van der Waals surface area contributed by atoms with Crippen LogP contribution in [0.25, 0.3) is 0 Å². The van der Waals surface area contributed by atoms with E-state index in [-0.39, 0.29) is 11.5 Å². The Morgan fingerprint density at radius 3 is 2.12 bits per heavy atom. The maximum Gasteiger partial charge on any atom is 0.321 e. The summed E-state index contributed by atoms with van der Waals surface area (Å²) in [5, 5.41) is 12.8. The fraction of sp³-hybridized carbons (Fsp3) is 0.381. The van der Waals surface area contributed by atoms with Gasteiger partial charge in [-0.15, -0.1) is 0 Å². The van der Waals surface area contributed by atoms with Gasteiger partial charge in [0.25, 0.3) is 0 Å². The van der Waals surface area contributed by atoms with Crippen molar-refractivity contribution in [3.8, 4) is 0 Å². The average Bonchev–Trinajstić information content (AvgIpc) is 2.55. The molecule has 0 amide bonds. The van der Waals surface area contributed by atoms with Crippen LogP contribution in [0, 0.1) is 0 Å². The van der Waals surface area contributed by atoms with E-state index in [4.69, 9.17) is 0 Å². The highest BCUT2D eigenvalue weighted by Crippen LogP contribution is 2.28. The minimum atomic E-state index is -0.803. The number of nitrogens with one attached hydrogen (secondary N) is 1. The van der Waals surface area contributed by atoms with E-state index in [9.17, 15) is 9.90 Å². The van der Waals surface area contributed by atoms with Crippen molar-refractivity contribution in [1.82, 2.24) is 5.32 Å². The van der Waals surface area contributed by atoms with E-state index in [0.717, 1.165) is 12.0 Å². The lowest BCUT2D eigenvalue weighted by Gasteiger charge is -2.30. The topological polar surface area (TPSA) is 49.3 Å². The summed E-state index contributed by atoms with van der Waals surface area (Å²) in [6.45, 7) is 6.46. The smallest absolute Gasteiger partial charge is 0.321 e. The minimum Gasteiger partial charge on any atom is -0.480 e. The first-order valence-electron chi connectivity index (χ1n) is 8.47. The van der Waals surface area contributed by atoms with Crippen LogP contribution in [0.2, 0.25) is 0 Å².